The number of hydrogen-bond donors (Lipinski definition) is 2. The van der Waals surface area contributed by atoms with E-state index >= 15 is 0 Å². The van der Waals surface area contributed by atoms with Gasteiger partial charge in [0.15, 0.2) is 0 Å². The Balaban J connectivity index is 0.00000256. The Morgan fingerprint density at radius 3 is 3.30 bits per heavy atom. The summed E-state index contributed by atoms with van der Waals surface area (Å²) < 4.78 is 50.7. The molecule has 0 radical (unpaired) electrons. The first-order valence-electron chi connectivity index (χ1n) is 5.83. The van der Waals surface area contributed by atoms with Gasteiger partial charge >= 0.3 is 0 Å². The first-order chi connectivity index (χ1) is 7.29. The van der Waals surface area contributed by atoms with E-state index in [2.05, 4.69) is 5.43 Å². The highest BCUT2D eigenvalue weighted by Gasteiger charge is 1.84. The summed E-state index contributed by atoms with van der Waals surface area (Å²) in [6.07, 6.45) is 0. The van der Waals surface area contributed by atoms with Gasteiger partial charge in [-0.25, -0.2) is 0 Å². The summed E-state index contributed by atoms with van der Waals surface area (Å²) in [7, 11) is 0. The van der Waals surface area contributed by atoms with E-state index in [9.17, 15) is 0 Å². The lowest BCUT2D eigenvalue weighted by Gasteiger charge is -1.97. The second-order valence-electron chi connectivity index (χ2n) is 1.45. The molecule has 1 aromatic carbocycles. The van der Waals surface area contributed by atoms with Gasteiger partial charge in [0.2, 0.25) is 0 Å². The van der Waals surface area contributed by atoms with Crippen LogP contribution in [-0.2, 0) is 0 Å². The van der Waals surface area contributed by atoms with Crippen molar-refractivity contribution in [2.24, 2.45) is 5.84 Å². The van der Waals surface area contributed by atoms with Crippen LogP contribution < -0.4 is 11.3 Å². The predicted octanol–water partition coefficient (Wildman–Crippen LogP) is 1.70. The molecule has 0 saturated heterocycles. The van der Waals surface area contributed by atoms with Gasteiger partial charge in [-0.2, -0.15) is 0 Å². The van der Waals surface area contributed by atoms with E-state index < -0.39 is 18.5 Å². The number of rotatable bonds is 2. The van der Waals surface area contributed by atoms with Gasteiger partial charge in [-0.05, 0) is 19.0 Å². The molecule has 0 aliphatic carbocycles. The second-order valence-corrected chi connectivity index (χ2v) is 1.45. The van der Waals surface area contributed by atoms with Crippen LogP contribution in [0.1, 0.15) is 13.8 Å². The summed E-state index contributed by atoms with van der Waals surface area (Å²) in [6.45, 7) is -2.59. The second kappa shape index (κ2) is 4.14. The molecule has 1 aromatic rings. The molecule has 0 aromatic heterocycles. The average Bonchev–Trinajstić information content (AvgIpc) is 2.12. The Morgan fingerprint density at radius 2 is 2.60 bits per heavy atom. The number of nitrogen functional groups attached to an aromatic ring is 1. The van der Waals surface area contributed by atoms with Gasteiger partial charge in [0, 0.05) is 9.80 Å². The van der Waals surface area contributed by atoms with Crippen molar-refractivity contribution in [1.82, 2.24) is 0 Å². The Kier molecular flexibility index (Phi) is 1.13. The molecule has 3 heteroatoms. The molecule has 3 N–H and O–H groups in total. The maximum Gasteiger partial charge on any atom is 0.143 e. The minimum Gasteiger partial charge on any atom is -0.324 e. The van der Waals surface area contributed by atoms with Crippen molar-refractivity contribution in [3.05, 3.63) is 29.8 Å². The van der Waals surface area contributed by atoms with Crippen LogP contribution >= 0.6 is 12.4 Å². The van der Waals surface area contributed by atoms with E-state index in [1.54, 1.807) is 0 Å². The average molecular weight is 166 g/mol. The monoisotopic (exact) mass is 165 g/mol. The molecule has 0 saturated carbocycles. The third kappa shape index (κ3) is 2.25. The van der Waals surface area contributed by atoms with E-state index in [-0.39, 0.29) is 30.2 Å². The van der Waals surface area contributed by atoms with Crippen LogP contribution in [0.3, 0.4) is 0 Å². The van der Waals surface area contributed by atoms with Crippen LogP contribution in [0.15, 0.2) is 24.2 Å². The molecule has 0 atom stereocenters. The molecule has 56 valence electrons. The van der Waals surface area contributed by atoms with Crippen molar-refractivity contribution in [3.8, 4) is 0 Å². The van der Waals surface area contributed by atoms with Crippen LogP contribution in [0.2, 0.25) is 1.41 Å². The molecule has 0 fully saturated rings. The molecular weight excluding hydrogens is 148 g/mol. The molecule has 0 bridgehead atoms. The number of halogens is 1. The van der Waals surface area contributed by atoms with Gasteiger partial charge in [-0.3, -0.25) is 5.84 Å². The van der Waals surface area contributed by atoms with Gasteiger partial charge in [-0.1, -0.05) is 17.6 Å². The standard InChI is InChI=1S/C7H10N2.ClH/c1-6-2-4-7(9-8)5-3-6;/h2-5,9H,8H2,1H3;1H/i1D3,2D,3D,4D;/hD. The number of nitrogens with two attached hydrogens (primary N) is 1. The zero-order valence-corrected chi connectivity index (χ0v) is 5.80. The van der Waals surface area contributed by atoms with Gasteiger partial charge in [0.25, 0.3) is 0 Å². The quantitative estimate of drug-likeness (QED) is 0.517. The van der Waals surface area contributed by atoms with Gasteiger partial charge in [-0.15, -0.1) is 12.4 Å². The van der Waals surface area contributed by atoms with Crippen molar-refractivity contribution in [3.63, 3.8) is 0 Å². The van der Waals surface area contributed by atoms with Crippen LogP contribution in [0.4, 0.5) is 5.69 Å². The van der Waals surface area contributed by atoms with Gasteiger partial charge in [0.1, 0.15) is 1.41 Å². The molecule has 0 spiro atoms. The summed E-state index contributed by atoms with van der Waals surface area (Å²) in [4.78, 5) is 0. The molecule has 0 unspecified atom stereocenters. The molecule has 2 nitrogen and oxygen atoms in total. The van der Waals surface area contributed by atoms with E-state index in [4.69, 9.17) is 9.64 Å². The fourth-order valence-corrected chi connectivity index (χ4v) is 0.414. The number of hydrogen-bond acceptors (Lipinski definition) is 2. The molecule has 0 aliphatic heterocycles. The maximum absolute atomic E-state index is 7.51. The van der Waals surface area contributed by atoms with E-state index in [0.29, 0.717) is 0 Å². The Morgan fingerprint density at radius 1 is 1.70 bits per heavy atom. The van der Waals surface area contributed by atoms with Crippen molar-refractivity contribution >= 4 is 18.1 Å². The normalized spacial score (nSPS) is 19.4. The van der Waals surface area contributed by atoms with Crippen LogP contribution in [0, 0.1) is 6.85 Å². The summed E-state index contributed by atoms with van der Waals surface area (Å²) in [6, 6.07) is -0.130. The summed E-state index contributed by atoms with van der Waals surface area (Å²) in [5, 5.41) is 0. The first-order valence-corrected chi connectivity index (χ1v) is 2.33. The smallest absolute Gasteiger partial charge is 0.143 e. The lowest BCUT2D eigenvalue weighted by atomic mass is 10.2. The number of nitrogens with one attached hydrogen (secondary N) is 1. The maximum atomic E-state index is 7.51. The predicted molar refractivity (Wildman–Crippen MR) is 46.2 cm³/mol. The molecule has 1 rings (SSSR count). The van der Waals surface area contributed by atoms with Crippen LogP contribution in [0.25, 0.3) is 0 Å². The van der Waals surface area contributed by atoms with E-state index in [1.807, 2.05) is 5.84 Å². The Bertz CT molecular complexity index is 406. The molecule has 0 aliphatic rings. The number of benzene rings is 1. The lowest BCUT2D eigenvalue weighted by molar-refractivity contribution is 1.34. The zero-order valence-electron chi connectivity index (χ0n) is 12.0. The molecule has 10 heavy (non-hydrogen) atoms. The van der Waals surface area contributed by atoms with E-state index in [1.165, 1.54) is 0 Å². The molecular formula is C7H11ClN2. The largest absolute Gasteiger partial charge is 0.324 e. The third-order valence-corrected chi connectivity index (χ3v) is 0.818. The van der Waals surface area contributed by atoms with Gasteiger partial charge < -0.3 is 5.43 Å². The SMILES string of the molecule is Cl.[2H]NNc1cc([2H])c(C([2H])([2H])[2H])c([2H])c1[2H]. The molecule has 0 heterocycles. The van der Waals surface area contributed by atoms with Gasteiger partial charge in [0.05, 0.1) is 4.11 Å². The summed E-state index contributed by atoms with van der Waals surface area (Å²) in [5.41, 5.74) is 1.82. The zero-order chi connectivity index (χ0) is 12.5. The van der Waals surface area contributed by atoms with Crippen molar-refractivity contribution in [2.45, 2.75) is 6.85 Å². The highest BCUT2D eigenvalue weighted by atomic mass is 35.5. The van der Waals surface area contributed by atoms with Crippen molar-refractivity contribution in [1.29, 1.82) is 0 Å². The van der Waals surface area contributed by atoms with Crippen LogP contribution in [-0.4, -0.2) is 0 Å². The topological polar surface area (TPSA) is 38.0 Å². The Labute approximate surface area is 76.7 Å². The number of anilines is 1. The Hall–Kier alpha value is -0.730. The number of hydrazine groups is 1. The minimum atomic E-state index is -2.59. The van der Waals surface area contributed by atoms with Crippen molar-refractivity contribution < 1.29 is 9.64 Å². The molecule has 0 amide bonds. The van der Waals surface area contributed by atoms with Crippen molar-refractivity contribution in [2.75, 3.05) is 5.43 Å². The highest BCUT2D eigenvalue weighted by molar-refractivity contribution is 5.85. The van der Waals surface area contributed by atoms with Crippen LogP contribution in [0.5, 0.6) is 0 Å². The fraction of sp³-hybridized carbons (Fsp3) is 0.143. The van der Waals surface area contributed by atoms with E-state index in [0.717, 1.165) is 6.07 Å². The first kappa shape index (κ1) is 2.72. The lowest BCUT2D eigenvalue weighted by Crippen LogP contribution is -2.05. The summed E-state index contributed by atoms with van der Waals surface area (Å²) >= 11 is 0. The fourth-order valence-electron chi connectivity index (χ4n) is 0.414. The highest BCUT2D eigenvalue weighted by Crippen LogP contribution is 2.05. The minimum absolute atomic E-state index is 0. The summed E-state index contributed by atoms with van der Waals surface area (Å²) in [5.74, 6) is 1.81. The third-order valence-electron chi connectivity index (χ3n) is 0.818.